The Balaban J connectivity index is 2.65. The standard InChI is InChI=1S/C14H22O2/c1-14(2,3)10-12(15)9-11-7-5-6-8-13(11)16-4/h5-8,12,15H,9-10H2,1-4H3. The lowest BCUT2D eigenvalue weighted by Gasteiger charge is -2.22. The van der Waals surface area contributed by atoms with Crippen LogP contribution in [0.2, 0.25) is 0 Å². The topological polar surface area (TPSA) is 29.5 Å². The number of hydrogen-bond donors (Lipinski definition) is 1. The maximum atomic E-state index is 10.0. The average molecular weight is 222 g/mol. The lowest BCUT2D eigenvalue weighted by atomic mass is 9.87. The third kappa shape index (κ3) is 4.23. The van der Waals surface area contributed by atoms with Gasteiger partial charge in [0.2, 0.25) is 0 Å². The zero-order valence-electron chi connectivity index (χ0n) is 10.7. The molecule has 0 heterocycles. The molecule has 0 radical (unpaired) electrons. The number of aliphatic hydroxyl groups excluding tert-OH is 1. The lowest BCUT2D eigenvalue weighted by Crippen LogP contribution is -2.19. The van der Waals surface area contributed by atoms with Crippen LogP contribution in [0.4, 0.5) is 0 Å². The highest BCUT2D eigenvalue weighted by Gasteiger charge is 2.18. The molecular formula is C14H22O2. The van der Waals surface area contributed by atoms with E-state index in [2.05, 4.69) is 20.8 Å². The van der Waals surface area contributed by atoms with Crippen molar-refractivity contribution in [3.05, 3.63) is 29.8 Å². The summed E-state index contributed by atoms with van der Waals surface area (Å²) in [5.74, 6) is 0.857. The van der Waals surface area contributed by atoms with E-state index >= 15 is 0 Å². The molecule has 1 unspecified atom stereocenters. The summed E-state index contributed by atoms with van der Waals surface area (Å²) in [6.07, 6.45) is 1.14. The van der Waals surface area contributed by atoms with Crippen LogP contribution < -0.4 is 4.74 Å². The Morgan fingerprint density at radius 1 is 1.25 bits per heavy atom. The highest BCUT2D eigenvalue weighted by molar-refractivity contribution is 5.33. The second-order valence-corrected chi connectivity index (χ2v) is 5.43. The van der Waals surface area contributed by atoms with Crippen molar-refractivity contribution < 1.29 is 9.84 Å². The highest BCUT2D eigenvalue weighted by Crippen LogP contribution is 2.25. The molecule has 0 aromatic heterocycles. The van der Waals surface area contributed by atoms with Crippen molar-refractivity contribution in [3.63, 3.8) is 0 Å². The zero-order valence-corrected chi connectivity index (χ0v) is 10.7. The molecule has 0 aliphatic rings. The smallest absolute Gasteiger partial charge is 0.122 e. The molecule has 2 nitrogen and oxygen atoms in total. The third-order valence-electron chi connectivity index (χ3n) is 2.50. The van der Waals surface area contributed by atoms with Gasteiger partial charge in [-0.05, 0) is 23.5 Å². The molecule has 90 valence electrons. The molecule has 0 bridgehead atoms. The fraction of sp³-hybridized carbons (Fsp3) is 0.571. The van der Waals surface area contributed by atoms with Crippen LogP contribution in [0.1, 0.15) is 32.8 Å². The summed E-state index contributed by atoms with van der Waals surface area (Å²) in [4.78, 5) is 0. The van der Waals surface area contributed by atoms with Crippen molar-refractivity contribution in [2.45, 2.75) is 39.7 Å². The summed E-state index contributed by atoms with van der Waals surface area (Å²) >= 11 is 0. The second-order valence-electron chi connectivity index (χ2n) is 5.43. The molecule has 16 heavy (non-hydrogen) atoms. The van der Waals surface area contributed by atoms with Gasteiger partial charge in [0.25, 0.3) is 0 Å². The van der Waals surface area contributed by atoms with Gasteiger partial charge >= 0.3 is 0 Å². The van der Waals surface area contributed by atoms with Crippen molar-refractivity contribution in [1.82, 2.24) is 0 Å². The van der Waals surface area contributed by atoms with Gasteiger partial charge in [0.15, 0.2) is 0 Å². The Morgan fingerprint density at radius 3 is 2.44 bits per heavy atom. The zero-order chi connectivity index (χ0) is 12.2. The molecule has 2 heteroatoms. The molecule has 1 rings (SSSR count). The van der Waals surface area contributed by atoms with Crippen molar-refractivity contribution in [2.24, 2.45) is 5.41 Å². The van der Waals surface area contributed by atoms with E-state index in [4.69, 9.17) is 4.74 Å². The van der Waals surface area contributed by atoms with Gasteiger partial charge in [-0.25, -0.2) is 0 Å². The summed E-state index contributed by atoms with van der Waals surface area (Å²) in [6, 6.07) is 7.85. The van der Waals surface area contributed by atoms with E-state index in [1.807, 2.05) is 24.3 Å². The van der Waals surface area contributed by atoms with Crippen LogP contribution >= 0.6 is 0 Å². The fourth-order valence-electron chi connectivity index (χ4n) is 1.90. The van der Waals surface area contributed by atoms with Crippen LogP contribution in [0.25, 0.3) is 0 Å². The lowest BCUT2D eigenvalue weighted by molar-refractivity contribution is 0.121. The Kier molecular flexibility index (Phi) is 4.36. The van der Waals surface area contributed by atoms with E-state index in [1.165, 1.54) is 0 Å². The monoisotopic (exact) mass is 222 g/mol. The van der Waals surface area contributed by atoms with E-state index < -0.39 is 0 Å². The summed E-state index contributed by atoms with van der Waals surface area (Å²) in [7, 11) is 1.66. The van der Waals surface area contributed by atoms with Crippen LogP contribution in [-0.4, -0.2) is 18.3 Å². The van der Waals surface area contributed by atoms with Crippen molar-refractivity contribution >= 4 is 0 Å². The van der Waals surface area contributed by atoms with Crippen LogP contribution in [0.5, 0.6) is 5.75 Å². The van der Waals surface area contributed by atoms with E-state index in [0.717, 1.165) is 17.7 Å². The average Bonchev–Trinajstić information content (AvgIpc) is 2.15. The molecule has 0 saturated heterocycles. The van der Waals surface area contributed by atoms with Crippen LogP contribution in [0.15, 0.2) is 24.3 Å². The molecule has 0 aliphatic carbocycles. The first kappa shape index (κ1) is 13.0. The van der Waals surface area contributed by atoms with Gasteiger partial charge in [-0.3, -0.25) is 0 Å². The van der Waals surface area contributed by atoms with E-state index in [1.54, 1.807) is 7.11 Å². The first-order valence-electron chi connectivity index (χ1n) is 5.72. The van der Waals surface area contributed by atoms with Gasteiger partial charge in [0.05, 0.1) is 13.2 Å². The first-order valence-corrected chi connectivity index (χ1v) is 5.72. The third-order valence-corrected chi connectivity index (χ3v) is 2.50. The predicted octanol–water partition coefficient (Wildman–Crippen LogP) is 3.03. The van der Waals surface area contributed by atoms with Gasteiger partial charge in [0, 0.05) is 6.42 Å². The minimum atomic E-state index is -0.309. The summed E-state index contributed by atoms with van der Waals surface area (Å²) < 4.78 is 5.27. The normalized spacial score (nSPS) is 13.6. The quantitative estimate of drug-likeness (QED) is 0.848. The number of benzene rings is 1. The van der Waals surface area contributed by atoms with Crippen LogP contribution in [-0.2, 0) is 6.42 Å². The largest absolute Gasteiger partial charge is 0.496 e. The van der Waals surface area contributed by atoms with Crippen LogP contribution in [0.3, 0.4) is 0 Å². The van der Waals surface area contributed by atoms with Gasteiger partial charge in [-0.15, -0.1) is 0 Å². The van der Waals surface area contributed by atoms with Crippen molar-refractivity contribution in [3.8, 4) is 5.75 Å². The summed E-state index contributed by atoms with van der Waals surface area (Å²) in [6.45, 7) is 6.41. The predicted molar refractivity (Wildman–Crippen MR) is 66.8 cm³/mol. The van der Waals surface area contributed by atoms with Gasteiger partial charge < -0.3 is 9.84 Å². The van der Waals surface area contributed by atoms with Gasteiger partial charge in [-0.1, -0.05) is 39.0 Å². The fourth-order valence-corrected chi connectivity index (χ4v) is 1.90. The van der Waals surface area contributed by atoms with E-state index in [0.29, 0.717) is 6.42 Å². The summed E-state index contributed by atoms with van der Waals surface area (Å²) in [5.41, 5.74) is 1.23. The molecule has 0 saturated carbocycles. The number of rotatable bonds is 4. The molecule has 0 aliphatic heterocycles. The second kappa shape index (κ2) is 5.35. The van der Waals surface area contributed by atoms with Crippen LogP contribution in [0, 0.1) is 5.41 Å². The minimum absolute atomic E-state index is 0.154. The van der Waals surface area contributed by atoms with E-state index in [-0.39, 0.29) is 11.5 Å². The maximum Gasteiger partial charge on any atom is 0.122 e. The van der Waals surface area contributed by atoms with Crippen molar-refractivity contribution in [2.75, 3.05) is 7.11 Å². The minimum Gasteiger partial charge on any atom is -0.496 e. The number of aliphatic hydroxyl groups is 1. The number of para-hydroxylation sites is 1. The number of methoxy groups -OCH3 is 1. The summed E-state index contributed by atoms with van der Waals surface area (Å²) in [5, 5.41) is 10.0. The first-order chi connectivity index (χ1) is 7.42. The molecule has 1 atom stereocenters. The molecule has 0 amide bonds. The SMILES string of the molecule is COc1ccccc1CC(O)CC(C)(C)C. The number of ether oxygens (including phenoxy) is 1. The Bertz CT molecular complexity index is 326. The van der Waals surface area contributed by atoms with Gasteiger partial charge in [0.1, 0.15) is 5.75 Å². The highest BCUT2D eigenvalue weighted by atomic mass is 16.5. The Labute approximate surface area is 98.3 Å². The molecule has 1 N–H and O–H groups in total. The maximum absolute atomic E-state index is 10.0. The molecular weight excluding hydrogens is 200 g/mol. The Hall–Kier alpha value is -1.02. The molecule has 0 spiro atoms. The number of hydrogen-bond acceptors (Lipinski definition) is 2. The Morgan fingerprint density at radius 2 is 1.88 bits per heavy atom. The molecule has 1 aromatic rings. The van der Waals surface area contributed by atoms with Gasteiger partial charge in [-0.2, -0.15) is 0 Å². The molecule has 1 aromatic carbocycles. The molecule has 0 fully saturated rings. The van der Waals surface area contributed by atoms with E-state index in [9.17, 15) is 5.11 Å². The van der Waals surface area contributed by atoms with Crippen molar-refractivity contribution in [1.29, 1.82) is 0 Å².